The molecule has 1 aromatic heterocycles. The van der Waals surface area contributed by atoms with Gasteiger partial charge in [0.05, 0.1) is 17.8 Å². The van der Waals surface area contributed by atoms with Crippen molar-refractivity contribution < 1.29 is 13.6 Å². The molecule has 0 unspecified atom stereocenters. The summed E-state index contributed by atoms with van der Waals surface area (Å²) < 4.78 is 27.6. The maximum Gasteiger partial charge on any atom is 0.254 e. The van der Waals surface area contributed by atoms with E-state index in [2.05, 4.69) is 14.9 Å². The lowest BCUT2D eigenvalue weighted by molar-refractivity contribution is 0.00786. The van der Waals surface area contributed by atoms with E-state index in [4.69, 9.17) is 0 Å². The van der Waals surface area contributed by atoms with E-state index in [-0.39, 0.29) is 17.5 Å². The lowest BCUT2D eigenvalue weighted by Gasteiger charge is -2.53. The molecule has 2 aliphatic heterocycles. The number of rotatable bonds is 3. The molecule has 176 valence electrons. The van der Waals surface area contributed by atoms with Crippen LogP contribution in [0.1, 0.15) is 22.3 Å². The van der Waals surface area contributed by atoms with Crippen LogP contribution >= 0.6 is 0 Å². The van der Waals surface area contributed by atoms with Crippen molar-refractivity contribution in [3.8, 4) is 11.1 Å². The van der Waals surface area contributed by atoms with Gasteiger partial charge in [0.15, 0.2) is 11.6 Å². The second-order valence-corrected chi connectivity index (χ2v) is 9.39. The van der Waals surface area contributed by atoms with Crippen molar-refractivity contribution in [2.75, 3.05) is 24.5 Å². The summed E-state index contributed by atoms with van der Waals surface area (Å²) in [7, 11) is 0. The van der Waals surface area contributed by atoms with Crippen molar-refractivity contribution in [2.24, 2.45) is 5.92 Å². The number of carbonyl (C=O) groups is 1. The van der Waals surface area contributed by atoms with E-state index in [1.165, 1.54) is 12.3 Å². The molecule has 0 spiro atoms. The number of piperidine rings is 1. The highest BCUT2D eigenvalue weighted by Crippen LogP contribution is 2.37. The van der Waals surface area contributed by atoms with Gasteiger partial charge in [0.25, 0.3) is 5.91 Å². The average molecular weight is 471 g/mol. The minimum absolute atomic E-state index is 0.0396. The number of anilines is 1. The lowest BCUT2D eigenvalue weighted by Crippen LogP contribution is -2.65. The first-order chi connectivity index (χ1) is 17.0. The predicted octanol–water partition coefficient (Wildman–Crippen LogP) is 5.23. The third kappa shape index (κ3) is 3.71. The van der Waals surface area contributed by atoms with E-state index < -0.39 is 11.6 Å². The highest BCUT2D eigenvalue weighted by Gasteiger charge is 2.45. The molecular formula is C28H24F2N4O. The van der Waals surface area contributed by atoms with Gasteiger partial charge in [-0.05, 0) is 42.7 Å². The van der Waals surface area contributed by atoms with Crippen LogP contribution in [0.5, 0.6) is 0 Å². The maximum absolute atomic E-state index is 14.0. The number of halogens is 2. The van der Waals surface area contributed by atoms with E-state index in [0.29, 0.717) is 23.8 Å². The molecule has 0 aliphatic carbocycles. The first-order valence-electron chi connectivity index (χ1n) is 11.8. The van der Waals surface area contributed by atoms with Gasteiger partial charge in [0.2, 0.25) is 0 Å². The summed E-state index contributed by atoms with van der Waals surface area (Å²) in [5.41, 5.74) is 3.97. The Kier molecular flexibility index (Phi) is 5.20. The molecule has 3 aromatic carbocycles. The molecule has 2 atom stereocenters. The molecule has 2 fully saturated rings. The Morgan fingerprint density at radius 2 is 1.86 bits per heavy atom. The largest absolute Gasteiger partial charge is 0.353 e. The maximum atomic E-state index is 14.0. The Hall–Kier alpha value is -3.87. The molecule has 7 heteroatoms. The number of carbonyl (C=O) groups excluding carboxylic acids is 1. The Balaban J connectivity index is 1.26. The van der Waals surface area contributed by atoms with Crippen LogP contribution in [-0.2, 0) is 0 Å². The number of hydrogen-bond acceptors (Lipinski definition) is 4. The van der Waals surface area contributed by atoms with E-state index in [1.54, 1.807) is 0 Å². The molecule has 6 rings (SSSR count). The Morgan fingerprint density at radius 3 is 2.69 bits per heavy atom. The molecule has 1 amide bonds. The zero-order chi connectivity index (χ0) is 24.1. The zero-order valence-electron chi connectivity index (χ0n) is 19.3. The molecule has 0 N–H and O–H groups in total. The van der Waals surface area contributed by atoms with E-state index >= 15 is 0 Å². The van der Waals surface area contributed by atoms with Crippen LogP contribution in [-0.4, -0.2) is 46.5 Å². The number of fused-ring (bicyclic) bond motifs is 2. The summed E-state index contributed by atoms with van der Waals surface area (Å²) >= 11 is 0. The first kappa shape index (κ1) is 21.6. The molecule has 0 radical (unpaired) electrons. The van der Waals surface area contributed by atoms with Gasteiger partial charge >= 0.3 is 0 Å². The second kappa shape index (κ2) is 8.41. The number of nitrogens with zero attached hydrogens (tertiary/aromatic N) is 4. The van der Waals surface area contributed by atoms with Crippen LogP contribution in [0.15, 0.2) is 66.9 Å². The van der Waals surface area contributed by atoms with Gasteiger partial charge in [-0.3, -0.25) is 4.79 Å². The average Bonchev–Trinajstić information content (AvgIpc) is 2.87. The zero-order valence-corrected chi connectivity index (χ0v) is 19.3. The SMILES string of the molecule is Cc1ccc(-c2ccccc2)c(C(=O)N2C[C@H]3CCN(c4cnc5c(F)c(F)ccc5n4)C[C@H]32)c1. The molecule has 4 aromatic rings. The van der Waals surface area contributed by atoms with Crippen molar-refractivity contribution in [1.29, 1.82) is 0 Å². The summed E-state index contributed by atoms with van der Waals surface area (Å²) in [4.78, 5) is 26.4. The van der Waals surface area contributed by atoms with Crippen molar-refractivity contribution in [3.05, 3.63) is 89.6 Å². The number of aryl methyl sites for hydroxylation is 1. The number of amides is 1. The summed E-state index contributed by atoms with van der Waals surface area (Å²) in [6.07, 6.45) is 2.43. The fourth-order valence-electron chi connectivity index (χ4n) is 5.27. The van der Waals surface area contributed by atoms with E-state index in [0.717, 1.165) is 47.8 Å². The van der Waals surface area contributed by atoms with Gasteiger partial charge in [0.1, 0.15) is 11.3 Å². The summed E-state index contributed by atoms with van der Waals surface area (Å²) in [5.74, 6) is -0.821. The lowest BCUT2D eigenvalue weighted by atomic mass is 9.81. The first-order valence-corrected chi connectivity index (χ1v) is 11.8. The molecule has 3 heterocycles. The summed E-state index contributed by atoms with van der Waals surface area (Å²) in [5, 5.41) is 0. The minimum atomic E-state index is -0.983. The van der Waals surface area contributed by atoms with Gasteiger partial charge < -0.3 is 9.80 Å². The van der Waals surface area contributed by atoms with Crippen LogP contribution in [0.4, 0.5) is 14.6 Å². The number of likely N-dealkylation sites (tertiary alicyclic amines) is 1. The monoisotopic (exact) mass is 470 g/mol. The smallest absolute Gasteiger partial charge is 0.254 e. The number of benzene rings is 3. The van der Waals surface area contributed by atoms with Crippen molar-refractivity contribution in [3.63, 3.8) is 0 Å². The van der Waals surface area contributed by atoms with Gasteiger partial charge in [-0.15, -0.1) is 0 Å². The van der Waals surface area contributed by atoms with Crippen LogP contribution < -0.4 is 4.90 Å². The van der Waals surface area contributed by atoms with Crippen LogP contribution in [0.25, 0.3) is 22.2 Å². The fourth-order valence-corrected chi connectivity index (χ4v) is 5.27. The van der Waals surface area contributed by atoms with E-state index in [9.17, 15) is 13.6 Å². The van der Waals surface area contributed by atoms with Crippen LogP contribution in [0.2, 0.25) is 0 Å². The van der Waals surface area contributed by atoms with Crippen molar-refractivity contribution >= 4 is 22.8 Å². The molecule has 5 nitrogen and oxygen atoms in total. The standard InChI is InChI=1S/C28H24F2N4O/c1-17-7-8-20(18-5-3-2-4-6-18)21(13-17)28(35)34-15-19-11-12-33(16-24(19)34)25-14-31-27-23(32-25)10-9-22(29)26(27)30/h2-10,13-14,19,24H,11-12,15-16H2,1H3/t19-,24-/m1/s1. The van der Waals surface area contributed by atoms with Gasteiger partial charge in [-0.1, -0.05) is 48.0 Å². The highest BCUT2D eigenvalue weighted by molar-refractivity contribution is 6.01. The van der Waals surface area contributed by atoms with Crippen molar-refractivity contribution in [1.82, 2.24) is 14.9 Å². The van der Waals surface area contributed by atoms with Gasteiger partial charge in [0, 0.05) is 31.1 Å². The Labute approximate surface area is 202 Å². The molecule has 0 bridgehead atoms. The van der Waals surface area contributed by atoms with Crippen LogP contribution in [0.3, 0.4) is 0 Å². The third-order valence-corrected chi connectivity index (χ3v) is 7.22. The van der Waals surface area contributed by atoms with Crippen LogP contribution in [0, 0.1) is 24.5 Å². The number of aromatic nitrogens is 2. The second-order valence-electron chi connectivity index (χ2n) is 9.39. The molecule has 2 saturated heterocycles. The van der Waals surface area contributed by atoms with Gasteiger partial charge in [-0.25, -0.2) is 18.7 Å². The fraction of sp³-hybridized carbons (Fsp3) is 0.250. The molecule has 0 saturated carbocycles. The predicted molar refractivity (Wildman–Crippen MR) is 131 cm³/mol. The summed E-state index contributed by atoms with van der Waals surface area (Å²) in [6.45, 7) is 4.16. The highest BCUT2D eigenvalue weighted by atomic mass is 19.2. The van der Waals surface area contributed by atoms with Gasteiger partial charge in [-0.2, -0.15) is 0 Å². The van der Waals surface area contributed by atoms with E-state index in [1.807, 2.05) is 60.4 Å². The topological polar surface area (TPSA) is 49.3 Å². The molecule has 2 aliphatic rings. The Bertz CT molecular complexity index is 1440. The van der Waals surface area contributed by atoms with Crippen molar-refractivity contribution in [2.45, 2.75) is 19.4 Å². The quantitative estimate of drug-likeness (QED) is 0.411. The molecular weight excluding hydrogens is 446 g/mol. The third-order valence-electron chi connectivity index (χ3n) is 7.22. The molecule has 35 heavy (non-hydrogen) atoms. The minimum Gasteiger partial charge on any atom is -0.353 e. The summed E-state index contributed by atoms with van der Waals surface area (Å²) in [6, 6.07) is 18.6. The normalized spacial score (nSPS) is 19.4. The Morgan fingerprint density at radius 1 is 1.03 bits per heavy atom. The number of hydrogen-bond donors (Lipinski definition) is 0.